The van der Waals surface area contributed by atoms with Crippen LogP contribution in [0.2, 0.25) is 0 Å². The highest BCUT2D eigenvalue weighted by Crippen LogP contribution is 2.19. The van der Waals surface area contributed by atoms with Crippen molar-refractivity contribution in [2.24, 2.45) is 5.73 Å². The Morgan fingerprint density at radius 1 is 1.05 bits per heavy atom. The van der Waals surface area contributed by atoms with E-state index in [1.165, 1.54) is 48.6 Å². The molecule has 1 aromatic heterocycles. The molecule has 2 aromatic rings. The standard InChI is InChI=1S/C19H30N2/c1-3-5-6-7-8-12-21-13-11-17-14-16(9-10-19(17)21)15-18(20)4-2/h9-11,13-14,18H,3-8,12,15,20H2,1-2H3. The van der Waals surface area contributed by atoms with Gasteiger partial charge in [-0.05, 0) is 48.4 Å². The molecule has 0 saturated heterocycles. The van der Waals surface area contributed by atoms with Crippen LogP contribution in [0.5, 0.6) is 0 Å². The first-order valence-electron chi connectivity index (χ1n) is 8.58. The van der Waals surface area contributed by atoms with E-state index in [1.54, 1.807) is 0 Å². The molecular formula is C19H30N2. The van der Waals surface area contributed by atoms with E-state index in [1.807, 2.05) is 0 Å². The first kappa shape index (κ1) is 16.1. The first-order chi connectivity index (χ1) is 10.2. The second-order valence-electron chi connectivity index (χ2n) is 6.19. The molecule has 0 spiro atoms. The van der Waals surface area contributed by atoms with E-state index in [2.05, 4.69) is 48.9 Å². The highest BCUT2D eigenvalue weighted by atomic mass is 14.9. The number of hydrogen-bond donors (Lipinski definition) is 1. The van der Waals surface area contributed by atoms with Crippen molar-refractivity contribution in [3.8, 4) is 0 Å². The second-order valence-corrected chi connectivity index (χ2v) is 6.19. The molecule has 1 aromatic carbocycles. The number of benzene rings is 1. The van der Waals surface area contributed by atoms with Crippen LogP contribution in [0, 0.1) is 0 Å². The summed E-state index contributed by atoms with van der Waals surface area (Å²) in [5.74, 6) is 0. The fraction of sp³-hybridized carbons (Fsp3) is 0.579. The molecule has 0 radical (unpaired) electrons. The van der Waals surface area contributed by atoms with Crippen molar-refractivity contribution < 1.29 is 0 Å². The molecule has 0 amide bonds. The average Bonchev–Trinajstić information content (AvgIpc) is 2.89. The summed E-state index contributed by atoms with van der Waals surface area (Å²) in [6.45, 7) is 5.56. The number of aromatic nitrogens is 1. The number of nitrogens with zero attached hydrogens (tertiary/aromatic N) is 1. The molecule has 2 nitrogen and oxygen atoms in total. The maximum Gasteiger partial charge on any atom is 0.0480 e. The Bertz CT molecular complexity index is 541. The number of hydrogen-bond acceptors (Lipinski definition) is 1. The highest BCUT2D eigenvalue weighted by molar-refractivity contribution is 5.80. The van der Waals surface area contributed by atoms with Crippen molar-refractivity contribution in [3.05, 3.63) is 36.0 Å². The van der Waals surface area contributed by atoms with Crippen LogP contribution in [-0.2, 0) is 13.0 Å². The number of aryl methyl sites for hydroxylation is 1. The minimum absolute atomic E-state index is 0.281. The molecule has 1 heterocycles. The summed E-state index contributed by atoms with van der Waals surface area (Å²) in [7, 11) is 0. The third kappa shape index (κ3) is 4.60. The smallest absolute Gasteiger partial charge is 0.0480 e. The minimum Gasteiger partial charge on any atom is -0.347 e. The number of unbranched alkanes of at least 4 members (excludes halogenated alkanes) is 4. The predicted octanol–water partition coefficient (Wildman–Crippen LogP) is 4.89. The number of fused-ring (bicyclic) bond motifs is 1. The number of rotatable bonds is 9. The van der Waals surface area contributed by atoms with Crippen LogP contribution in [0.15, 0.2) is 30.5 Å². The predicted molar refractivity (Wildman–Crippen MR) is 92.7 cm³/mol. The van der Waals surface area contributed by atoms with Crippen molar-refractivity contribution in [2.75, 3.05) is 0 Å². The van der Waals surface area contributed by atoms with E-state index in [-0.39, 0.29) is 6.04 Å². The molecule has 0 aliphatic rings. The lowest BCUT2D eigenvalue weighted by Gasteiger charge is -2.09. The van der Waals surface area contributed by atoms with E-state index >= 15 is 0 Å². The molecule has 0 fully saturated rings. The largest absolute Gasteiger partial charge is 0.347 e. The van der Waals surface area contributed by atoms with Gasteiger partial charge in [0.1, 0.15) is 0 Å². The van der Waals surface area contributed by atoms with Crippen LogP contribution >= 0.6 is 0 Å². The Balaban J connectivity index is 1.96. The highest BCUT2D eigenvalue weighted by Gasteiger charge is 2.05. The van der Waals surface area contributed by atoms with Crippen molar-refractivity contribution in [1.82, 2.24) is 4.57 Å². The molecular weight excluding hydrogens is 256 g/mol. The van der Waals surface area contributed by atoms with Crippen LogP contribution in [0.25, 0.3) is 10.9 Å². The molecule has 2 heteroatoms. The van der Waals surface area contributed by atoms with Crippen molar-refractivity contribution in [1.29, 1.82) is 0 Å². The lowest BCUT2D eigenvalue weighted by Crippen LogP contribution is -2.21. The zero-order valence-electron chi connectivity index (χ0n) is 13.6. The third-order valence-electron chi connectivity index (χ3n) is 4.36. The minimum atomic E-state index is 0.281. The first-order valence-corrected chi connectivity index (χ1v) is 8.58. The van der Waals surface area contributed by atoms with E-state index in [4.69, 9.17) is 5.73 Å². The Morgan fingerprint density at radius 2 is 1.86 bits per heavy atom. The average molecular weight is 286 g/mol. The normalized spacial score (nSPS) is 12.9. The Kier molecular flexibility index (Phi) is 6.31. The van der Waals surface area contributed by atoms with Gasteiger partial charge >= 0.3 is 0 Å². The van der Waals surface area contributed by atoms with Gasteiger partial charge in [-0.1, -0.05) is 45.6 Å². The molecule has 2 rings (SSSR count). The van der Waals surface area contributed by atoms with Crippen LogP contribution in [0.1, 0.15) is 57.9 Å². The quantitative estimate of drug-likeness (QED) is 0.654. The van der Waals surface area contributed by atoms with Crippen LogP contribution in [0.3, 0.4) is 0 Å². The van der Waals surface area contributed by atoms with Crippen LogP contribution in [-0.4, -0.2) is 10.6 Å². The summed E-state index contributed by atoms with van der Waals surface area (Å²) in [4.78, 5) is 0. The zero-order valence-corrected chi connectivity index (χ0v) is 13.6. The summed E-state index contributed by atoms with van der Waals surface area (Å²) < 4.78 is 2.39. The van der Waals surface area contributed by atoms with Crippen molar-refractivity contribution >= 4 is 10.9 Å². The zero-order chi connectivity index (χ0) is 15.1. The van der Waals surface area contributed by atoms with Gasteiger partial charge in [0.15, 0.2) is 0 Å². The Labute approximate surface area is 129 Å². The molecule has 0 saturated carbocycles. The maximum atomic E-state index is 6.05. The summed E-state index contributed by atoms with van der Waals surface area (Å²) >= 11 is 0. The molecule has 2 N–H and O–H groups in total. The second kappa shape index (κ2) is 8.23. The molecule has 116 valence electrons. The van der Waals surface area contributed by atoms with Gasteiger partial charge in [0.05, 0.1) is 0 Å². The summed E-state index contributed by atoms with van der Waals surface area (Å²) in [6.07, 6.45) is 10.9. The monoisotopic (exact) mass is 286 g/mol. The lowest BCUT2D eigenvalue weighted by atomic mass is 10.0. The fourth-order valence-electron chi connectivity index (χ4n) is 2.90. The fourth-order valence-corrected chi connectivity index (χ4v) is 2.90. The summed E-state index contributed by atoms with van der Waals surface area (Å²) in [5, 5.41) is 1.35. The van der Waals surface area contributed by atoms with Gasteiger partial charge in [-0.2, -0.15) is 0 Å². The van der Waals surface area contributed by atoms with Gasteiger partial charge in [0.25, 0.3) is 0 Å². The van der Waals surface area contributed by atoms with Gasteiger partial charge in [-0.15, -0.1) is 0 Å². The summed E-state index contributed by atoms with van der Waals surface area (Å²) in [5.41, 5.74) is 8.77. The topological polar surface area (TPSA) is 30.9 Å². The van der Waals surface area contributed by atoms with Crippen molar-refractivity contribution in [2.45, 2.75) is 71.4 Å². The van der Waals surface area contributed by atoms with E-state index in [9.17, 15) is 0 Å². The van der Waals surface area contributed by atoms with E-state index in [0.717, 1.165) is 19.4 Å². The lowest BCUT2D eigenvalue weighted by molar-refractivity contribution is 0.577. The SMILES string of the molecule is CCCCCCCn1ccc2cc(CC(N)CC)ccc21. The van der Waals surface area contributed by atoms with Crippen LogP contribution in [0.4, 0.5) is 0 Å². The molecule has 21 heavy (non-hydrogen) atoms. The van der Waals surface area contributed by atoms with Gasteiger partial charge < -0.3 is 10.3 Å². The van der Waals surface area contributed by atoms with Gasteiger partial charge in [0.2, 0.25) is 0 Å². The van der Waals surface area contributed by atoms with Gasteiger partial charge in [-0.3, -0.25) is 0 Å². The molecule has 0 bridgehead atoms. The van der Waals surface area contributed by atoms with E-state index < -0.39 is 0 Å². The maximum absolute atomic E-state index is 6.05. The third-order valence-corrected chi connectivity index (χ3v) is 4.36. The van der Waals surface area contributed by atoms with Crippen molar-refractivity contribution in [3.63, 3.8) is 0 Å². The summed E-state index contributed by atoms with van der Waals surface area (Å²) in [6, 6.07) is 9.33. The van der Waals surface area contributed by atoms with Crippen LogP contribution < -0.4 is 5.73 Å². The van der Waals surface area contributed by atoms with E-state index in [0.29, 0.717) is 0 Å². The molecule has 1 unspecified atom stereocenters. The Hall–Kier alpha value is -1.28. The Morgan fingerprint density at radius 3 is 2.62 bits per heavy atom. The molecule has 1 atom stereocenters. The molecule has 0 aliphatic heterocycles. The molecule has 0 aliphatic carbocycles. The van der Waals surface area contributed by atoms with Gasteiger partial charge in [0, 0.05) is 24.3 Å². The van der Waals surface area contributed by atoms with Gasteiger partial charge in [-0.25, -0.2) is 0 Å². The number of nitrogens with two attached hydrogens (primary N) is 1.